The van der Waals surface area contributed by atoms with Crippen molar-refractivity contribution in [2.75, 3.05) is 0 Å². The molecule has 5 nitrogen and oxygen atoms in total. The van der Waals surface area contributed by atoms with Crippen molar-refractivity contribution in [3.63, 3.8) is 0 Å². The number of nitrogens with one attached hydrogen (secondary N) is 1. The van der Waals surface area contributed by atoms with Crippen molar-refractivity contribution in [3.05, 3.63) is 63.9 Å². The lowest BCUT2D eigenvalue weighted by atomic mass is 10.0. The van der Waals surface area contributed by atoms with E-state index in [9.17, 15) is 9.59 Å². The van der Waals surface area contributed by atoms with E-state index in [2.05, 4.69) is 4.98 Å². The van der Waals surface area contributed by atoms with Gasteiger partial charge in [-0.15, -0.1) is 0 Å². The molecule has 2 heterocycles. The van der Waals surface area contributed by atoms with E-state index in [4.69, 9.17) is 17.0 Å². The van der Waals surface area contributed by atoms with Gasteiger partial charge in [-0.05, 0) is 49.0 Å². The van der Waals surface area contributed by atoms with Gasteiger partial charge < -0.3 is 9.72 Å². The van der Waals surface area contributed by atoms with Crippen LogP contribution in [0.4, 0.5) is 0 Å². The van der Waals surface area contributed by atoms with Gasteiger partial charge in [0.1, 0.15) is 11.3 Å². The second-order valence-corrected chi connectivity index (χ2v) is 5.97. The van der Waals surface area contributed by atoms with Crippen LogP contribution in [0, 0.1) is 11.7 Å². The molecule has 4 rings (SSSR count). The zero-order chi connectivity index (χ0) is 16.8. The molecule has 0 amide bonds. The van der Waals surface area contributed by atoms with Crippen LogP contribution in [0.1, 0.15) is 15.9 Å². The minimum absolute atomic E-state index is 0.0497. The molecule has 0 spiro atoms. The molecule has 24 heavy (non-hydrogen) atoms. The summed E-state index contributed by atoms with van der Waals surface area (Å²) in [4.78, 5) is 27.9. The molecule has 6 heteroatoms. The van der Waals surface area contributed by atoms with E-state index < -0.39 is 5.97 Å². The smallest absolute Gasteiger partial charge is 0.349 e. The second kappa shape index (κ2) is 5.28. The normalized spacial score (nSPS) is 15.6. The van der Waals surface area contributed by atoms with Crippen LogP contribution in [0.25, 0.3) is 17.2 Å². The van der Waals surface area contributed by atoms with Crippen molar-refractivity contribution in [1.29, 1.82) is 0 Å². The molecular weight excluding hydrogens is 324 g/mol. The van der Waals surface area contributed by atoms with Crippen LogP contribution >= 0.6 is 12.2 Å². The highest BCUT2D eigenvalue weighted by Crippen LogP contribution is 2.28. The Kier molecular flexibility index (Phi) is 3.21. The number of hydrogen-bond acceptors (Lipinski definition) is 4. The lowest BCUT2D eigenvalue weighted by molar-refractivity contribution is -0.130. The quantitative estimate of drug-likeness (QED) is 0.242. The molecule has 118 valence electrons. The Labute approximate surface area is 142 Å². The van der Waals surface area contributed by atoms with Gasteiger partial charge in [0.2, 0.25) is 5.78 Å². The number of aromatic amines is 1. The summed E-state index contributed by atoms with van der Waals surface area (Å²) >= 11 is 5.32. The van der Waals surface area contributed by atoms with Gasteiger partial charge in [0.25, 0.3) is 0 Å². The summed E-state index contributed by atoms with van der Waals surface area (Å²) in [5.41, 5.74) is 3.03. The first kappa shape index (κ1) is 14.6. The molecule has 1 aromatic heterocycles. The minimum Gasteiger partial charge on any atom is -0.422 e. The molecular formula is C18H12N2O3S. The molecule has 2 aromatic carbocycles. The second-order valence-electron chi connectivity index (χ2n) is 5.58. The number of esters is 1. The van der Waals surface area contributed by atoms with Crippen molar-refractivity contribution in [2.24, 2.45) is 0 Å². The largest absolute Gasteiger partial charge is 0.422 e. The van der Waals surface area contributed by atoms with E-state index in [-0.39, 0.29) is 17.1 Å². The number of aryl methyl sites for hydroxylation is 1. The Bertz CT molecular complexity index is 1100. The predicted molar refractivity (Wildman–Crippen MR) is 92.5 cm³/mol. The van der Waals surface area contributed by atoms with Crippen molar-refractivity contribution in [3.8, 4) is 5.75 Å². The maximum absolute atomic E-state index is 12.6. The van der Waals surface area contributed by atoms with Gasteiger partial charge in [-0.1, -0.05) is 18.2 Å². The third-order valence-corrected chi connectivity index (χ3v) is 4.23. The van der Waals surface area contributed by atoms with Crippen molar-refractivity contribution < 1.29 is 14.3 Å². The summed E-state index contributed by atoms with van der Waals surface area (Å²) in [6.45, 7) is 1.98. The Hall–Kier alpha value is -2.99. The number of carbonyl (C=O) groups is 2. The zero-order valence-corrected chi connectivity index (χ0v) is 13.5. The SMILES string of the molecule is Cc1ccc2c(c1)[nH]c(=S)n2/C=C1\C(=O)Oc2ccccc2C1=O. The van der Waals surface area contributed by atoms with E-state index in [1.165, 1.54) is 6.20 Å². The van der Waals surface area contributed by atoms with E-state index in [1.54, 1.807) is 28.8 Å². The molecule has 0 bridgehead atoms. The van der Waals surface area contributed by atoms with E-state index in [0.29, 0.717) is 10.3 Å². The Morgan fingerprint density at radius 1 is 1.17 bits per heavy atom. The molecule has 1 aliphatic rings. The number of ketones is 1. The van der Waals surface area contributed by atoms with Crippen molar-refractivity contribution >= 4 is 41.2 Å². The minimum atomic E-state index is -0.679. The fourth-order valence-electron chi connectivity index (χ4n) is 2.75. The highest BCUT2D eigenvalue weighted by atomic mass is 32.1. The number of H-pyrrole nitrogens is 1. The lowest BCUT2D eigenvalue weighted by Gasteiger charge is -2.16. The summed E-state index contributed by atoms with van der Waals surface area (Å²) in [5, 5.41) is 0. The van der Waals surface area contributed by atoms with E-state index in [1.807, 2.05) is 25.1 Å². The third-order valence-electron chi connectivity index (χ3n) is 3.93. The van der Waals surface area contributed by atoms with Crippen molar-refractivity contribution in [2.45, 2.75) is 6.92 Å². The molecule has 0 saturated heterocycles. The summed E-state index contributed by atoms with van der Waals surface area (Å²) in [6, 6.07) is 12.5. The van der Waals surface area contributed by atoms with Gasteiger partial charge >= 0.3 is 5.97 Å². The first-order valence-corrected chi connectivity index (χ1v) is 7.74. The molecule has 0 radical (unpaired) electrons. The topological polar surface area (TPSA) is 64.1 Å². The summed E-state index contributed by atoms with van der Waals surface area (Å²) in [5.74, 6) is -0.768. The molecule has 3 aromatic rings. The van der Waals surface area contributed by atoms with Gasteiger partial charge in [0, 0.05) is 6.20 Å². The number of benzene rings is 2. The molecule has 1 aliphatic heterocycles. The summed E-state index contributed by atoms with van der Waals surface area (Å²) in [6.07, 6.45) is 1.44. The number of ether oxygens (including phenoxy) is 1. The average molecular weight is 336 g/mol. The zero-order valence-electron chi connectivity index (χ0n) is 12.7. The molecule has 0 atom stereocenters. The molecule has 1 N–H and O–H groups in total. The Morgan fingerprint density at radius 3 is 2.79 bits per heavy atom. The third kappa shape index (κ3) is 2.19. The van der Waals surface area contributed by atoms with Gasteiger partial charge in [-0.25, -0.2) is 4.79 Å². The van der Waals surface area contributed by atoms with Gasteiger partial charge in [-0.2, -0.15) is 0 Å². The highest BCUT2D eigenvalue weighted by Gasteiger charge is 2.30. The molecule has 0 unspecified atom stereocenters. The summed E-state index contributed by atoms with van der Waals surface area (Å²) < 4.78 is 7.27. The van der Waals surface area contributed by atoms with Gasteiger partial charge in [0.05, 0.1) is 16.6 Å². The van der Waals surface area contributed by atoms with Crippen LogP contribution in [0.5, 0.6) is 5.75 Å². The van der Waals surface area contributed by atoms with Crippen LogP contribution in [-0.4, -0.2) is 21.3 Å². The maximum atomic E-state index is 12.6. The van der Waals surface area contributed by atoms with Crippen LogP contribution < -0.4 is 4.74 Å². The highest BCUT2D eigenvalue weighted by molar-refractivity contribution is 7.71. The van der Waals surface area contributed by atoms with Crippen LogP contribution in [0.15, 0.2) is 48.0 Å². The monoisotopic (exact) mass is 336 g/mol. The molecule has 0 aliphatic carbocycles. The molecule has 0 fully saturated rings. The van der Waals surface area contributed by atoms with Crippen LogP contribution in [-0.2, 0) is 4.79 Å². The molecule has 0 saturated carbocycles. The fourth-order valence-corrected chi connectivity index (χ4v) is 3.01. The number of hydrogen-bond donors (Lipinski definition) is 1. The van der Waals surface area contributed by atoms with Crippen LogP contribution in [0.3, 0.4) is 0 Å². The predicted octanol–water partition coefficient (Wildman–Crippen LogP) is 3.65. The number of rotatable bonds is 1. The number of Topliss-reactive ketones (excluding diaryl/α,β-unsaturated/α-hetero) is 1. The van der Waals surface area contributed by atoms with Gasteiger partial charge in [0.15, 0.2) is 4.77 Å². The first-order valence-electron chi connectivity index (χ1n) is 7.33. The Balaban J connectivity index is 1.90. The standard InChI is InChI=1S/C18H12N2O3S/c1-10-6-7-14-13(8-10)19-18(24)20(14)9-12-16(21)11-4-2-3-5-15(11)23-17(12)22/h2-9H,1H3,(H,19,24)/b12-9-. The van der Waals surface area contributed by atoms with E-state index in [0.717, 1.165) is 16.6 Å². The lowest BCUT2D eigenvalue weighted by Crippen LogP contribution is -2.25. The number of aromatic nitrogens is 2. The van der Waals surface area contributed by atoms with Crippen LogP contribution in [0.2, 0.25) is 0 Å². The fraction of sp³-hybridized carbons (Fsp3) is 0.0556. The van der Waals surface area contributed by atoms with Gasteiger partial charge in [-0.3, -0.25) is 9.36 Å². The summed E-state index contributed by atoms with van der Waals surface area (Å²) in [7, 11) is 0. The number of para-hydroxylation sites is 1. The number of fused-ring (bicyclic) bond motifs is 2. The maximum Gasteiger partial charge on any atom is 0.349 e. The average Bonchev–Trinajstić information content (AvgIpc) is 2.86. The van der Waals surface area contributed by atoms with Crippen molar-refractivity contribution in [1.82, 2.24) is 9.55 Å². The Morgan fingerprint density at radius 2 is 1.96 bits per heavy atom. The number of carbonyl (C=O) groups excluding carboxylic acids is 2. The first-order chi connectivity index (χ1) is 11.5. The number of imidazole rings is 1. The van der Waals surface area contributed by atoms with E-state index >= 15 is 0 Å². The number of nitrogens with zero attached hydrogens (tertiary/aromatic N) is 1.